The highest BCUT2D eigenvalue weighted by Crippen LogP contribution is 2.30. The molecule has 0 fully saturated rings. The molecule has 11 nitrogen and oxygen atoms in total. The molecular formula is C22H18F2N8O3. The number of rotatable bonds is 6. The smallest absolute Gasteiger partial charge is 0.325 e. The predicted octanol–water partition coefficient (Wildman–Crippen LogP) is 2.85. The van der Waals surface area contributed by atoms with Crippen molar-refractivity contribution < 1.29 is 23.5 Å². The van der Waals surface area contributed by atoms with E-state index in [1.54, 1.807) is 30.3 Å². The average molecular weight is 480 g/mol. The fraction of sp³-hybridized carbons (Fsp3) is 0.0909. The second kappa shape index (κ2) is 9.51. The number of nitrogen functional groups attached to an aromatic ring is 1. The lowest BCUT2D eigenvalue weighted by molar-refractivity contribution is -0.138. The van der Waals surface area contributed by atoms with Crippen molar-refractivity contribution in [1.82, 2.24) is 30.5 Å². The van der Waals surface area contributed by atoms with Crippen molar-refractivity contribution in [2.45, 2.75) is 13.0 Å². The van der Waals surface area contributed by atoms with Gasteiger partial charge < -0.3 is 21.5 Å². The van der Waals surface area contributed by atoms with Gasteiger partial charge in [0.05, 0.1) is 5.56 Å². The van der Waals surface area contributed by atoms with Gasteiger partial charge >= 0.3 is 12.0 Å². The molecule has 2 amide bonds. The molecule has 2 aromatic heterocycles. The van der Waals surface area contributed by atoms with Crippen LogP contribution in [0, 0.1) is 11.6 Å². The number of hydrogen-bond donors (Lipinski definition) is 4. The molecule has 1 atom stereocenters. The lowest BCUT2D eigenvalue weighted by Gasteiger charge is -2.12. The molecule has 2 heterocycles. The Morgan fingerprint density at radius 2 is 1.86 bits per heavy atom. The van der Waals surface area contributed by atoms with Crippen LogP contribution in [0.25, 0.3) is 28.2 Å². The van der Waals surface area contributed by atoms with E-state index in [1.807, 2.05) is 0 Å². The Labute approximate surface area is 196 Å². The van der Waals surface area contributed by atoms with Gasteiger partial charge in [0, 0.05) is 17.4 Å². The molecule has 0 spiro atoms. The number of hydrogen-bond acceptors (Lipinski definition) is 7. The van der Waals surface area contributed by atoms with Crippen molar-refractivity contribution in [3.63, 3.8) is 0 Å². The largest absolute Gasteiger partial charge is 0.480 e. The summed E-state index contributed by atoms with van der Waals surface area (Å²) < 4.78 is 29.1. The maximum absolute atomic E-state index is 14.3. The molecule has 0 aliphatic heterocycles. The summed E-state index contributed by atoms with van der Waals surface area (Å²) in [6, 6.07) is 10.2. The highest BCUT2D eigenvalue weighted by molar-refractivity contribution is 5.92. The van der Waals surface area contributed by atoms with Gasteiger partial charge in [-0.05, 0) is 53.2 Å². The average Bonchev–Trinajstić information content (AvgIpc) is 3.31. The summed E-state index contributed by atoms with van der Waals surface area (Å²) in [5.74, 6) is -3.20. The molecule has 35 heavy (non-hydrogen) atoms. The Morgan fingerprint density at radius 3 is 2.57 bits per heavy atom. The van der Waals surface area contributed by atoms with E-state index in [0.29, 0.717) is 22.4 Å². The molecule has 13 heteroatoms. The summed E-state index contributed by atoms with van der Waals surface area (Å²) >= 11 is 0. The minimum Gasteiger partial charge on any atom is -0.480 e. The topological polar surface area (TPSA) is 161 Å². The Kier molecular flexibility index (Phi) is 6.31. The van der Waals surface area contributed by atoms with Crippen molar-refractivity contribution in [2.75, 3.05) is 11.1 Å². The molecule has 1 unspecified atom stereocenters. The first-order chi connectivity index (χ1) is 16.7. The molecule has 4 aromatic rings. The molecule has 0 aliphatic carbocycles. The second-order valence-corrected chi connectivity index (χ2v) is 7.38. The van der Waals surface area contributed by atoms with Gasteiger partial charge in [-0.2, -0.15) is 4.68 Å². The van der Waals surface area contributed by atoms with Gasteiger partial charge in [0.25, 0.3) is 0 Å². The van der Waals surface area contributed by atoms with E-state index in [9.17, 15) is 18.4 Å². The number of carbonyl (C=O) groups excluding carboxylic acids is 1. The summed E-state index contributed by atoms with van der Waals surface area (Å²) in [5, 5.41) is 24.9. The minimum atomic E-state index is -1.16. The number of carboxylic acids is 1. The molecule has 0 bridgehead atoms. The second-order valence-electron chi connectivity index (χ2n) is 7.38. The first-order valence-electron chi connectivity index (χ1n) is 10.1. The summed E-state index contributed by atoms with van der Waals surface area (Å²) in [4.78, 5) is 26.9. The fourth-order valence-corrected chi connectivity index (χ4v) is 3.16. The summed E-state index contributed by atoms with van der Waals surface area (Å²) in [5.41, 5.74) is 7.86. The lowest BCUT2D eigenvalue weighted by atomic mass is 10.0. The Hall–Kier alpha value is -4.94. The number of halogens is 2. The standard InChI is InChI=1S/C22H18F2N8O3/c1-11(21(33)34)27-22(35)28-14-7-5-12(6-8-14)13-9-15(19(25)26-10-13)20-29-30-31-32(20)17-4-2-3-16(23)18(17)24/h2-11H,1H3,(H2,25,26)(H,33,34)(H2,27,28,35). The Bertz CT molecular complexity index is 1410. The number of urea groups is 1. The van der Waals surface area contributed by atoms with Gasteiger partial charge in [0.1, 0.15) is 17.5 Å². The van der Waals surface area contributed by atoms with Crippen molar-refractivity contribution in [1.29, 1.82) is 0 Å². The number of aliphatic carboxylic acids is 1. The van der Waals surface area contributed by atoms with E-state index < -0.39 is 29.7 Å². The van der Waals surface area contributed by atoms with E-state index in [4.69, 9.17) is 10.8 Å². The summed E-state index contributed by atoms with van der Waals surface area (Å²) in [6.07, 6.45) is 1.51. The zero-order valence-electron chi connectivity index (χ0n) is 18.1. The third kappa shape index (κ3) is 4.88. The number of aromatic nitrogens is 5. The minimum absolute atomic E-state index is 0.0591. The van der Waals surface area contributed by atoms with Gasteiger partial charge in [-0.25, -0.2) is 18.6 Å². The first-order valence-corrected chi connectivity index (χ1v) is 10.1. The number of nitrogens with one attached hydrogen (secondary N) is 2. The number of benzene rings is 2. The van der Waals surface area contributed by atoms with Crippen LogP contribution in [0.3, 0.4) is 0 Å². The van der Waals surface area contributed by atoms with Gasteiger partial charge in [-0.3, -0.25) is 4.79 Å². The molecule has 178 valence electrons. The quantitative estimate of drug-likeness (QED) is 0.328. The van der Waals surface area contributed by atoms with Crippen LogP contribution in [-0.2, 0) is 4.79 Å². The number of nitrogens with zero attached hydrogens (tertiary/aromatic N) is 5. The van der Waals surface area contributed by atoms with E-state index >= 15 is 0 Å². The molecular weight excluding hydrogens is 462 g/mol. The summed E-state index contributed by atoms with van der Waals surface area (Å²) in [6.45, 7) is 1.34. The predicted molar refractivity (Wildman–Crippen MR) is 121 cm³/mol. The number of tetrazole rings is 1. The zero-order valence-corrected chi connectivity index (χ0v) is 18.1. The number of nitrogens with two attached hydrogens (primary N) is 1. The molecule has 0 radical (unpaired) electrons. The third-order valence-corrected chi connectivity index (χ3v) is 4.98. The van der Waals surface area contributed by atoms with E-state index in [-0.39, 0.29) is 17.3 Å². The van der Waals surface area contributed by atoms with Crippen LogP contribution in [0.2, 0.25) is 0 Å². The molecule has 5 N–H and O–H groups in total. The summed E-state index contributed by atoms with van der Waals surface area (Å²) in [7, 11) is 0. The zero-order chi connectivity index (χ0) is 25.1. The van der Waals surface area contributed by atoms with Crippen molar-refractivity contribution in [3.8, 4) is 28.2 Å². The van der Waals surface area contributed by atoms with Gasteiger partial charge in [0.2, 0.25) is 0 Å². The Morgan fingerprint density at radius 1 is 1.11 bits per heavy atom. The van der Waals surface area contributed by atoms with Crippen LogP contribution in [0.1, 0.15) is 6.92 Å². The SMILES string of the molecule is CC(NC(=O)Nc1ccc(-c2cnc(N)c(-c3nnnn3-c3cccc(F)c3F)c2)cc1)C(=O)O. The number of pyridine rings is 1. The number of anilines is 2. The Balaban J connectivity index is 1.61. The van der Waals surface area contributed by atoms with Crippen LogP contribution in [0.5, 0.6) is 0 Å². The van der Waals surface area contributed by atoms with Crippen LogP contribution in [0.4, 0.5) is 25.1 Å². The lowest BCUT2D eigenvalue weighted by Crippen LogP contribution is -2.40. The number of carboxylic acid groups (broad SMARTS) is 1. The molecule has 0 saturated carbocycles. The van der Waals surface area contributed by atoms with Gasteiger partial charge in [-0.1, -0.05) is 18.2 Å². The number of amides is 2. The van der Waals surface area contributed by atoms with Crippen LogP contribution in [-0.4, -0.2) is 48.3 Å². The maximum Gasteiger partial charge on any atom is 0.325 e. The fourth-order valence-electron chi connectivity index (χ4n) is 3.16. The normalized spacial score (nSPS) is 11.6. The molecule has 0 saturated heterocycles. The van der Waals surface area contributed by atoms with Gasteiger partial charge in [0.15, 0.2) is 17.5 Å². The van der Waals surface area contributed by atoms with E-state index in [0.717, 1.165) is 10.7 Å². The van der Waals surface area contributed by atoms with Crippen LogP contribution >= 0.6 is 0 Å². The van der Waals surface area contributed by atoms with Crippen molar-refractivity contribution >= 4 is 23.5 Å². The highest BCUT2D eigenvalue weighted by atomic mass is 19.2. The van der Waals surface area contributed by atoms with E-state index in [1.165, 1.54) is 25.3 Å². The number of carbonyl (C=O) groups is 2. The monoisotopic (exact) mass is 480 g/mol. The maximum atomic E-state index is 14.3. The van der Waals surface area contributed by atoms with Gasteiger partial charge in [-0.15, -0.1) is 5.10 Å². The molecule has 4 rings (SSSR count). The first kappa shape index (κ1) is 23.2. The van der Waals surface area contributed by atoms with Crippen LogP contribution in [0.15, 0.2) is 54.7 Å². The highest BCUT2D eigenvalue weighted by Gasteiger charge is 2.19. The van der Waals surface area contributed by atoms with Crippen LogP contribution < -0.4 is 16.4 Å². The van der Waals surface area contributed by atoms with Crippen molar-refractivity contribution in [2.24, 2.45) is 0 Å². The molecule has 2 aromatic carbocycles. The third-order valence-electron chi connectivity index (χ3n) is 4.98. The van der Waals surface area contributed by atoms with Crippen molar-refractivity contribution in [3.05, 3.63) is 66.4 Å². The van der Waals surface area contributed by atoms with E-state index in [2.05, 4.69) is 31.1 Å². The molecule has 0 aliphatic rings.